The number of rotatable bonds is 4. The van der Waals surface area contributed by atoms with Gasteiger partial charge in [-0.2, -0.15) is 0 Å². The van der Waals surface area contributed by atoms with Gasteiger partial charge in [0.15, 0.2) is 0 Å². The van der Waals surface area contributed by atoms with Crippen LogP contribution in [0.1, 0.15) is 12.5 Å². The van der Waals surface area contributed by atoms with E-state index in [1.54, 1.807) is 18.2 Å². The smallest absolute Gasteiger partial charge is 0.336 e. The van der Waals surface area contributed by atoms with Crippen LogP contribution in [-0.2, 0) is 11.4 Å². The number of carbonyl (C=O) groups is 1. The minimum Gasteiger partial charge on any atom is -0.487 e. The van der Waals surface area contributed by atoms with Gasteiger partial charge in [0.1, 0.15) is 17.9 Å². The van der Waals surface area contributed by atoms with Gasteiger partial charge in [-0.1, -0.05) is 34.8 Å². The zero-order valence-electron chi connectivity index (χ0n) is 13.4. The molecule has 0 atom stereocenters. The minimum absolute atomic E-state index is 0.0687. The maximum Gasteiger partial charge on any atom is 0.336 e. The van der Waals surface area contributed by atoms with Crippen molar-refractivity contribution in [3.63, 3.8) is 0 Å². The first kappa shape index (κ1) is 18.6. The van der Waals surface area contributed by atoms with Crippen molar-refractivity contribution >= 4 is 57.4 Å². The van der Waals surface area contributed by atoms with Crippen molar-refractivity contribution < 1.29 is 13.9 Å². The van der Waals surface area contributed by atoms with Crippen LogP contribution in [0.5, 0.6) is 5.75 Å². The van der Waals surface area contributed by atoms with Gasteiger partial charge in [-0.3, -0.25) is 4.79 Å². The van der Waals surface area contributed by atoms with Crippen LogP contribution >= 0.6 is 34.8 Å². The zero-order chi connectivity index (χ0) is 18.8. The summed E-state index contributed by atoms with van der Waals surface area (Å²) in [5.74, 6) is 0.123. The van der Waals surface area contributed by atoms with Crippen LogP contribution in [0.25, 0.3) is 11.0 Å². The van der Waals surface area contributed by atoms with E-state index in [1.807, 2.05) is 0 Å². The molecule has 8 heteroatoms. The highest BCUT2D eigenvalue weighted by Crippen LogP contribution is 2.34. The summed E-state index contributed by atoms with van der Waals surface area (Å²) >= 11 is 18.0. The van der Waals surface area contributed by atoms with Gasteiger partial charge in [-0.05, 0) is 18.2 Å². The lowest BCUT2D eigenvalue weighted by Crippen LogP contribution is -2.07. The molecule has 0 aliphatic heterocycles. The Labute approximate surface area is 163 Å². The Hall–Kier alpha value is -2.21. The number of anilines is 1. The van der Waals surface area contributed by atoms with Crippen molar-refractivity contribution in [2.45, 2.75) is 13.5 Å². The quantitative estimate of drug-likeness (QED) is 0.467. The number of amides is 1. The predicted molar refractivity (Wildman–Crippen MR) is 103 cm³/mol. The van der Waals surface area contributed by atoms with E-state index in [1.165, 1.54) is 25.1 Å². The van der Waals surface area contributed by atoms with Crippen LogP contribution in [0, 0.1) is 0 Å². The van der Waals surface area contributed by atoms with Crippen LogP contribution < -0.4 is 15.7 Å². The van der Waals surface area contributed by atoms with Gasteiger partial charge in [-0.15, -0.1) is 0 Å². The number of nitrogens with one attached hydrogen (secondary N) is 1. The topological polar surface area (TPSA) is 68.5 Å². The second-order valence-electron chi connectivity index (χ2n) is 5.47. The molecule has 0 spiro atoms. The molecule has 0 bridgehead atoms. The van der Waals surface area contributed by atoms with Crippen LogP contribution in [0.15, 0.2) is 45.6 Å². The Morgan fingerprint density at radius 1 is 1.08 bits per heavy atom. The highest BCUT2D eigenvalue weighted by atomic mass is 35.5. The lowest BCUT2D eigenvalue weighted by molar-refractivity contribution is -0.114. The van der Waals surface area contributed by atoms with Crippen LogP contribution in [0.3, 0.4) is 0 Å². The van der Waals surface area contributed by atoms with Crippen LogP contribution in [-0.4, -0.2) is 5.91 Å². The lowest BCUT2D eigenvalue weighted by atomic mass is 10.1. The number of carbonyl (C=O) groups excluding carboxylic acids is 1. The molecule has 134 valence electrons. The van der Waals surface area contributed by atoms with Crippen LogP contribution in [0.4, 0.5) is 5.69 Å². The fourth-order valence-electron chi connectivity index (χ4n) is 2.40. The summed E-state index contributed by atoms with van der Waals surface area (Å²) in [4.78, 5) is 23.0. The number of hydrogen-bond donors (Lipinski definition) is 1. The SMILES string of the molecule is CC(=O)Nc1ccc2c(COc3cc(Cl)c(Cl)cc3Cl)cc(=O)oc2c1. The van der Waals surface area contributed by atoms with Crippen molar-refractivity contribution in [1.29, 1.82) is 0 Å². The zero-order valence-corrected chi connectivity index (χ0v) is 15.7. The summed E-state index contributed by atoms with van der Waals surface area (Å²) in [6, 6.07) is 9.35. The van der Waals surface area contributed by atoms with Gasteiger partial charge in [-0.25, -0.2) is 4.79 Å². The number of halogens is 3. The lowest BCUT2D eigenvalue weighted by Gasteiger charge is -2.11. The molecule has 0 radical (unpaired) electrons. The molecule has 0 aliphatic carbocycles. The second-order valence-corrected chi connectivity index (χ2v) is 6.69. The third-order valence-electron chi connectivity index (χ3n) is 3.51. The van der Waals surface area contributed by atoms with E-state index in [2.05, 4.69) is 5.32 Å². The van der Waals surface area contributed by atoms with E-state index in [0.29, 0.717) is 43.0 Å². The van der Waals surface area contributed by atoms with Crippen molar-refractivity contribution in [3.05, 3.63) is 67.4 Å². The van der Waals surface area contributed by atoms with E-state index in [-0.39, 0.29) is 12.5 Å². The fraction of sp³-hybridized carbons (Fsp3) is 0.111. The highest BCUT2D eigenvalue weighted by Gasteiger charge is 2.11. The summed E-state index contributed by atoms with van der Waals surface area (Å²) in [5, 5.41) is 4.25. The molecule has 1 aromatic heterocycles. The monoisotopic (exact) mass is 411 g/mol. The molecular weight excluding hydrogens is 401 g/mol. The van der Waals surface area contributed by atoms with E-state index < -0.39 is 5.63 Å². The van der Waals surface area contributed by atoms with E-state index in [4.69, 9.17) is 44.0 Å². The molecule has 1 heterocycles. The maximum absolute atomic E-state index is 11.8. The van der Waals surface area contributed by atoms with E-state index >= 15 is 0 Å². The first-order valence-electron chi connectivity index (χ1n) is 7.45. The molecule has 1 amide bonds. The Morgan fingerprint density at radius 3 is 2.54 bits per heavy atom. The van der Waals surface area contributed by atoms with Crippen molar-refractivity contribution in [2.24, 2.45) is 0 Å². The summed E-state index contributed by atoms with van der Waals surface area (Å²) in [7, 11) is 0. The van der Waals surface area contributed by atoms with Gasteiger partial charge in [0.2, 0.25) is 5.91 Å². The summed E-state index contributed by atoms with van der Waals surface area (Å²) in [6.45, 7) is 1.46. The second kappa shape index (κ2) is 7.58. The van der Waals surface area contributed by atoms with Crippen molar-refractivity contribution in [3.8, 4) is 5.75 Å². The van der Waals surface area contributed by atoms with Gasteiger partial charge in [0, 0.05) is 41.8 Å². The van der Waals surface area contributed by atoms with Crippen LogP contribution in [0.2, 0.25) is 15.1 Å². The molecular formula is C18H12Cl3NO4. The standard InChI is InChI=1S/C18H12Cl3NO4/c1-9(23)22-11-2-3-12-10(4-18(24)26-16(12)5-11)8-25-17-7-14(20)13(19)6-15(17)21/h2-7H,8H2,1H3,(H,22,23). The molecule has 5 nitrogen and oxygen atoms in total. The molecule has 26 heavy (non-hydrogen) atoms. The van der Waals surface area contributed by atoms with E-state index in [9.17, 15) is 9.59 Å². The maximum atomic E-state index is 11.8. The number of benzene rings is 2. The first-order valence-corrected chi connectivity index (χ1v) is 8.58. The molecule has 0 saturated carbocycles. The highest BCUT2D eigenvalue weighted by molar-refractivity contribution is 6.43. The summed E-state index contributed by atoms with van der Waals surface area (Å²) in [6.07, 6.45) is 0. The predicted octanol–water partition coefficient (Wildman–Crippen LogP) is 5.29. The Balaban J connectivity index is 1.94. The molecule has 0 saturated heterocycles. The summed E-state index contributed by atoms with van der Waals surface area (Å²) < 4.78 is 10.9. The van der Waals surface area contributed by atoms with Crippen molar-refractivity contribution in [1.82, 2.24) is 0 Å². The average molecular weight is 413 g/mol. The number of fused-ring (bicyclic) bond motifs is 1. The fourth-order valence-corrected chi connectivity index (χ4v) is 2.99. The van der Waals surface area contributed by atoms with Gasteiger partial charge >= 0.3 is 5.63 Å². The van der Waals surface area contributed by atoms with Crippen molar-refractivity contribution in [2.75, 3.05) is 5.32 Å². The average Bonchev–Trinajstić information content (AvgIpc) is 2.55. The molecule has 0 aliphatic rings. The molecule has 2 aromatic carbocycles. The Kier molecular flexibility index (Phi) is 5.41. The van der Waals surface area contributed by atoms with Gasteiger partial charge in [0.25, 0.3) is 0 Å². The minimum atomic E-state index is -0.531. The summed E-state index contributed by atoms with van der Waals surface area (Å²) in [5.41, 5.74) is 0.936. The largest absolute Gasteiger partial charge is 0.487 e. The Morgan fingerprint density at radius 2 is 1.81 bits per heavy atom. The number of ether oxygens (including phenoxy) is 1. The molecule has 3 aromatic rings. The Bertz CT molecular complexity index is 1060. The van der Waals surface area contributed by atoms with E-state index in [0.717, 1.165) is 0 Å². The molecule has 3 rings (SSSR count). The third-order valence-corrected chi connectivity index (χ3v) is 4.53. The first-order chi connectivity index (χ1) is 12.3. The number of hydrogen-bond acceptors (Lipinski definition) is 4. The molecule has 0 unspecified atom stereocenters. The van der Waals surface area contributed by atoms with Gasteiger partial charge < -0.3 is 14.5 Å². The third kappa shape index (κ3) is 4.12. The molecule has 0 fully saturated rings. The molecule has 1 N–H and O–H groups in total. The van der Waals surface area contributed by atoms with Gasteiger partial charge in [0.05, 0.1) is 15.1 Å². The normalized spacial score (nSPS) is 10.8.